The lowest BCUT2D eigenvalue weighted by Crippen LogP contribution is -2.54. The van der Waals surface area contributed by atoms with E-state index in [0.717, 1.165) is 41.6 Å². The number of likely N-dealkylation sites (N-methyl/N-ethyl adjacent to an activating group) is 1. The predicted octanol–water partition coefficient (Wildman–Crippen LogP) is 3.28. The highest BCUT2D eigenvalue weighted by Gasteiger charge is 2.41. The summed E-state index contributed by atoms with van der Waals surface area (Å²) in [6.07, 6.45) is 2.89. The molecule has 1 saturated heterocycles. The second kappa shape index (κ2) is 6.25. The number of halogens is 1. The van der Waals surface area contributed by atoms with Crippen LogP contribution in [0.5, 0.6) is 0 Å². The van der Waals surface area contributed by atoms with E-state index in [0.29, 0.717) is 6.54 Å². The highest BCUT2D eigenvalue weighted by atomic mass is 35.5. The first-order chi connectivity index (χ1) is 9.11. The van der Waals surface area contributed by atoms with Crippen LogP contribution in [0.15, 0.2) is 12.1 Å². The molecule has 0 aromatic carbocycles. The van der Waals surface area contributed by atoms with E-state index in [1.54, 1.807) is 11.3 Å². The minimum atomic E-state index is -0.336. The Morgan fingerprint density at radius 3 is 2.79 bits per heavy atom. The first-order valence-corrected chi connectivity index (χ1v) is 8.09. The Morgan fingerprint density at radius 1 is 1.53 bits per heavy atom. The van der Waals surface area contributed by atoms with E-state index in [9.17, 15) is 4.79 Å². The van der Waals surface area contributed by atoms with Crippen LogP contribution in [0, 0.1) is 0 Å². The van der Waals surface area contributed by atoms with Crippen molar-refractivity contribution in [3.8, 4) is 0 Å². The third-order valence-corrected chi connectivity index (χ3v) is 5.12. The molecule has 0 spiro atoms. The minimum absolute atomic E-state index is 0.236. The standard InChI is InChI=1S/C14H21ClN2OS/c1-3-14(8-5-9-16-14)13(18)17(4-2)10-11-6-7-12(15)19-11/h6-7,16H,3-5,8-10H2,1-2H3. The summed E-state index contributed by atoms with van der Waals surface area (Å²) < 4.78 is 0.780. The Labute approximate surface area is 123 Å². The number of nitrogens with one attached hydrogen (secondary N) is 1. The molecule has 3 nitrogen and oxygen atoms in total. The van der Waals surface area contributed by atoms with Crippen LogP contribution in [0.2, 0.25) is 4.34 Å². The summed E-state index contributed by atoms with van der Waals surface area (Å²) in [4.78, 5) is 15.9. The zero-order valence-electron chi connectivity index (χ0n) is 11.5. The molecule has 1 aromatic heterocycles. The molecule has 0 radical (unpaired) electrons. The molecule has 5 heteroatoms. The minimum Gasteiger partial charge on any atom is -0.336 e. The molecule has 106 valence electrons. The first kappa shape index (κ1) is 14.8. The van der Waals surface area contributed by atoms with Gasteiger partial charge in [0, 0.05) is 11.4 Å². The Hall–Kier alpha value is -0.580. The maximum Gasteiger partial charge on any atom is 0.243 e. The Balaban J connectivity index is 2.10. The van der Waals surface area contributed by atoms with Crippen LogP contribution in [0.4, 0.5) is 0 Å². The lowest BCUT2D eigenvalue weighted by atomic mass is 9.92. The van der Waals surface area contributed by atoms with Crippen molar-refractivity contribution >= 4 is 28.8 Å². The van der Waals surface area contributed by atoms with E-state index < -0.39 is 0 Å². The number of rotatable bonds is 5. The summed E-state index contributed by atoms with van der Waals surface area (Å²) in [6, 6.07) is 3.90. The maximum absolute atomic E-state index is 12.8. The average molecular weight is 301 g/mol. The van der Waals surface area contributed by atoms with Gasteiger partial charge in [0.05, 0.1) is 16.4 Å². The fraction of sp³-hybridized carbons (Fsp3) is 0.643. The summed E-state index contributed by atoms with van der Waals surface area (Å²) in [5, 5.41) is 3.41. The topological polar surface area (TPSA) is 32.3 Å². The van der Waals surface area contributed by atoms with E-state index in [2.05, 4.69) is 12.2 Å². The van der Waals surface area contributed by atoms with Gasteiger partial charge in [0.15, 0.2) is 0 Å². The first-order valence-electron chi connectivity index (χ1n) is 6.90. The fourth-order valence-corrected chi connectivity index (χ4v) is 3.80. The average Bonchev–Trinajstić information content (AvgIpc) is 3.05. The summed E-state index contributed by atoms with van der Waals surface area (Å²) in [5.41, 5.74) is -0.336. The van der Waals surface area contributed by atoms with E-state index in [4.69, 9.17) is 11.6 Å². The van der Waals surface area contributed by atoms with Crippen molar-refractivity contribution in [3.63, 3.8) is 0 Å². The molecule has 0 aliphatic carbocycles. The maximum atomic E-state index is 12.8. The smallest absolute Gasteiger partial charge is 0.243 e. The van der Waals surface area contributed by atoms with Crippen molar-refractivity contribution in [1.82, 2.24) is 10.2 Å². The fourth-order valence-electron chi connectivity index (χ4n) is 2.70. The molecule has 0 bridgehead atoms. The van der Waals surface area contributed by atoms with Gasteiger partial charge in [-0.15, -0.1) is 11.3 Å². The molecular formula is C14H21ClN2OS. The van der Waals surface area contributed by atoms with Gasteiger partial charge in [0.25, 0.3) is 0 Å². The van der Waals surface area contributed by atoms with Gasteiger partial charge in [-0.25, -0.2) is 0 Å². The van der Waals surface area contributed by atoms with E-state index >= 15 is 0 Å². The van der Waals surface area contributed by atoms with Crippen LogP contribution in [0.3, 0.4) is 0 Å². The number of hydrogen-bond acceptors (Lipinski definition) is 3. The Morgan fingerprint density at radius 2 is 2.32 bits per heavy atom. The predicted molar refractivity (Wildman–Crippen MR) is 80.7 cm³/mol. The normalized spacial score (nSPS) is 22.7. The quantitative estimate of drug-likeness (QED) is 0.905. The van der Waals surface area contributed by atoms with Crippen LogP contribution < -0.4 is 5.32 Å². The molecule has 1 fully saturated rings. The monoisotopic (exact) mass is 300 g/mol. The number of nitrogens with zero attached hydrogens (tertiary/aromatic N) is 1. The number of hydrogen-bond donors (Lipinski definition) is 1. The Kier molecular flexibility index (Phi) is 4.87. The molecule has 1 atom stereocenters. The van der Waals surface area contributed by atoms with Crippen LogP contribution in [0.1, 0.15) is 38.0 Å². The zero-order valence-corrected chi connectivity index (χ0v) is 13.1. The molecule has 1 aliphatic rings. The van der Waals surface area contributed by atoms with Crippen molar-refractivity contribution in [2.24, 2.45) is 0 Å². The molecule has 1 aliphatic heterocycles. The van der Waals surface area contributed by atoms with E-state index in [1.165, 1.54) is 0 Å². The van der Waals surface area contributed by atoms with Crippen LogP contribution in [-0.4, -0.2) is 29.4 Å². The van der Waals surface area contributed by atoms with Gasteiger partial charge in [-0.1, -0.05) is 18.5 Å². The van der Waals surface area contributed by atoms with Gasteiger partial charge >= 0.3 is 0 Å². The van der Waals surface area contributed by atoms with Gasteiger partial charge < -0.3 is 10.2 Å². The second-order valence-electron chi connectivity index (χ2n) is 4.99. The van der Waals surface area contributed by atoms with Crippen molar-refractivity contribution in [3.05, 3.63) is 21.3 Å². The molecule has 2 heterocycles. The SMILES string of the molecule is CCN(Cc1ccc(Cl)s1)C(=O)C1(CC)CCCN1. The third kappa shape index (κ3) is 3.12. The van der Waals surface area contributed by atoms with Gasteiger partial charge in [-0.05, 0) is 44.9 Å². The highest BCUT2D eigenvalue weighted by Crippen LogP contribution is 2.28. The largest absolute Gasteiger partial charge is 0.336 e. The second-order valence-corrected chi connectivity index (χ2v) is 6.79. The number of amides is 1. The van der Waals surface area contributed by atoms with Crippen molar-refractivity contribution in [2.75, 3.05) is 13.1 Å². The van der Waals surface area contributed by atoms with Gasteiger partial charge in [0.1, 0.15) is 0 Å². The van der Waals surface area contributed by atoms with E-state index in [-0.39, 0.29) is 11.4 Å². The van der Waals surface area contributed by atoms with Crippen molar-refractivity contribution in [2.45, 2.75) is 45.2 Å². The molecular weight excluding hydrogens is 280 g/mol. The van der Waals surface area contributed by atoms with Crippen LogP contribution in [-0.2, 0) is 11.3 Å². The van der Waals surface area contributed by atoms with Crippen LogP contribution >= 0.6 is 22.9 Å². The molecule has 1 amide bonds. The molecule has 1 N–H and O–H groups in total. The highest BCUT2D eigenvalue weighted by molar-refractivity contribution is 7.16. The van der Waals surface area contributed by atoms with Gasteiger partial charge in [-0.2, -0.15) is 0 Å². The van der Waals surface area contributed by atoms with E-state index in [1.807, 2.05) is 24.0 Å². The molecule has 1 aromatic rings. The third-order valence-electron chi connectivity index (χ3n) is 3.90. The van der Waals surface area contributed by atoms with Crippen molar-refractivity contribution < 1.29 is 4.79 Å². The van der Waals surface area contributed by atoms with Gasteiger partial charge in [-0.3, -0.25) is 4.79 Å². The lowest BCUT2D eigenvalue weighted by Gasteiger charge is -2.33. The zero-order chi connectivity index (χ0) is 13.9. The number of carbonyl (C=O) groups excluding carboxylic acids is 1. The van der Waals surface area contributed by atoms with Crippen molar-refractivity contribution in [1.29, 1.82) is 0 Å². The molecule has 1 unspecified atom stereocenters. The number of carbonyl (C=O) groups is 1. The lowest BCUT2D eigenvalue weighted by molar-refractivity contribution is -0.138. The summed E-state index contributed by atoms with van der Waals surface area (Å²) in [5.74, 6) is 0.236. The Bertz CT molecular complexity index is 440. The molecule has 0 saturated carbocycles. The summed E-state index contributed by atoms with van der Waals surface area (Å²) >= 11 is 7.50. The van der Waals surface area contributed by atoms with Crippen LogP contribution in [0.25, 0.3) is 0 Å². The molecule has 19 heavy (non-hydrogen) atoms. The number of thiophene rings is 1. The summed E-state index contributed by atoms with van der Waals surface area (Å²) in [6.45, 7) is 6.47. The molecule has 2 rings (SSSR count). The summed E-state index contributed by atoms with van der Waals surface area (Å²) in [7, 11) is 0. The van der Waals surface area contributed by atoms with Gasteiger partial charge in [0.2, 0.25) is 5.91 Å².